The van der Waals surface area contributed by atoms with Gasteiger partial charge in [0.05, 0.1) is 13.2 Å². The van der Waals surface area contributed by atoms with Crippen LogP contribution in [0.3, 0.4) is 0 Å². The summed E-state index contributed by atoms with van der Waals surface area (Å²) in [4.78, 5) is 13.5. The van der Waals surface area contributed by atoms with E-state index in [2.05, 4.69) is 11.5 Å². The maximum atomic E-state index is 11.3. The molecule has 15 heavy (non-hydrogen) atoms. The average Bonchev–Trinajstić information content (AvgIpc) is 2.29. The predicted octanol–water partition coefficient (Wildman–Crippen LogP) is 0.851. The van der Waals surface area contributed by atoms with E-state index in [1.807, 2.05) is 22.6 Å². The third kappa shape index (κ3) is 4.94. The molecule has 4 nitrogen and oxygen atoms in total. The molecule has 86 valence electrons. The fourth-order valence-corrected chi connectivity index (χ4v) is 1.46. The fraction of sp³-hybridized carbons (Fsp3) is 0.700. The summed E-state index contributed by atoms with van der Waals surface area (Å²) in [5.41, 5.74) is 0. The van der Waals surface area contributed by atoms with Crippen LogP contribution in [0.2, 0.25) is 0 Å². The molecule has 0 aliphatic carbocycles. The van der Waals surface area contributed by atoms with Crippen molar-refractivity contribution in [3.05, 3.63) is 12.7 Å². The van der Waals surface area contributed by atoms with Gasteiger partial charge in [0.1, 0.15) is 10.5 Å². The molecule has 0 aromatic heterocycles. The third-order valence-electron chi connectivity index (χ3n) is 2.19. The Balaban J connectivity index is 2.09. The molecule has 1 unspecified atom stereocenters. The Labute approximate surface area is 104 Å². The van der Waals surface area contributed by atoms with Crippen LogP contribution in [-0.2, 0) is 14.3 Å². The second-order valence-corrected chi connectivity index (χ2v) is 4.60. The minimum atomic E-state index is -0.243. The number of carbonyl (C=O) groups is 1. The second-order valence-electron chi connectivity index (χ2n) is 3.26. The summed E-state index contributed by atoms with van der Waals surface area (Å²) < 4.78 is 10.1. The maximum Gasteiger partial charge on any atom is 0.322 e. The van der Waals surface area contributed by atoms with E-state index in [1.165, 1.54) is 0 Å². The molecular weight excluding hydrogens is 309 g/mol. The van der Waals surface area contributed by atoms with E-state index in [0.29, 0.717) is 6.61 Å². The SMILES string of the molecule is C=CC(I)C(=O)OCCN1CCOCC1. The largest absolute Gasteiger partial charge is 0.463 e. The van der Waals surface area contributed by atoms with Crippen molar-refractivity contribution in [3.63, 3.8) is 0 Å². The van der Waals surface area contributed by atoms with Crippen LogP contribution in [0, 0.1) is 0 Å². The fourth-order valence-electron chi connectivity index (χ4n) is 1.28. The van der Waals surface area contributed by atoms with E-state index in [0.717, 1.165) is 32.8 Å². The van der Waals surface area contributed by atoms with Crippen LogP contribution in [0.1, 0.15) is 0 Å². The molecule has 0 bridgehead atoms. The van der Waals surface area contributed by atoms with Gasteiger partial charge in [-0.15, -0.1) is 6.58 Å². The van der Waals surface area contributed by atoms with Crippen LogP contribution in [0.15, 0.2) is 12.7 Å². The highest BCUT2D eigenvalue weighted by Crippen LogP contribution is 2.04. The molecule has 5 heteroatoms. The first-order valence-electron chi connectivity index (χ1n) is 4.97. The van der Waals surface area contributed by atoms with Gasteiger partial charge in [0.15, 0.2) is 0 Å². The van der Waals surface area contributed by atoms with Crippen LogP contribution in [-0.4, -0.2) is 54.2 Å². The predicted molar refractivity (Wildman–Crippen MR) is 66.2 cm³/mol. The molecule has 0 aromatic rings. The van der Waals surface area contributed by atoms with Crippen LogP contribution in [0.5, 0.6) is 0 Å². The summed E-state index contributed by atoms with van der Waals surface area (Å²) in [5.74, 6) is -0.209. The van der Waals surface area contributed by atoms with Gasteiger partial charge in [-0.1, -0.05) is 28.7 Å². The van der Waals surface area contributed by atoms with E-state index in [1.54, 1.807) is 6.08 Å². The van der Waals surface area contributed by atoms with Crippen molar-refractivity contribution in [2.45, 2.75) is 3.92 Å². The zero-order valence-corrected chi connectivity index (χ0v) is 10.8. The Morgan fingerprint density at radius 3 is 2.87 bits per heavy atom. The van der Waals surface area contributed by atoms with Crippen molar-refractivity contribution >= 4 is 28.6 Å². The van der Waals surface area contributed by atoms with Gasteiger partial charge in [-0.2, -0.15) is 0 Å². The average molecular weight is 325 g/mol. The van der Waals surface area contributed by atoms with Crippen molar-refractivity contribution in [2.24, 2.45) is 0 Å². The molecule has 1 heterocycles. The molecule has 1 rings (SSSR count). The van der Waals surface area contributed by atoms with Crippen molar-refractivity contribution in [1.82, 2.24) is 4.90 Å². The van der Waals surface area contributed by atoms with Crippen molar-refractivity contribution in [3.8, 4) is 0 Å². The molecule has 1 fully saturated rings. The lowest BCUT2D eigenvalue weighted by atomic mass is 10.4. The molecule has 0 amide bonds. The lowest BCUT2D eigenvalue weighted by Gasteiger charge is -2.26. The molecule has 1 aliphatic heterocycles. The van der Waals surface area contributed by atoms with E-state index in [-0.39, 0.29) is 9.89 Å². The molecule has 1 aliphatic rings. The number of hydrogen-bond acceptors (Lipinski definition) is 4. The first-order chi connectivity index (χ1) is 7.24. The van der Waals surface area contributed by atoms with Crippen LogP contribution in [0.25, 0.3) is 0 Å². The smallest absolute Gasteiger partial charge is 0.322 e. The highest BCUT2D eigenvalue weighted by atomic mass is 127. The Hall–Kier alpha value is -0.140. The van der Waals surface area contributed by atoms with Gasteiger partial charge in [-0.25, -0.2) is 0 Å². The summed E-state index contributed by atoms with van der Waals surface area (Å²) in [7, 11) is 0. The van der Waals surface area contributed by atoms with Crippen molar-refractivity contribution in [1.29, 1.82) is 0 Å². The van der Waals surface area contributed by atoms with E-state index in [9.17, 15) is 4.79 Å². The lowest BCUT2D eigenvalue weighted by molar-refractivity contribution is -0.142. The molecule has 0 spiro atoms. The summed E-state index contributed by atoms with van der Waals surface area (Å²) >= 11 is 2.00. The van der Waals surface area contributed by atoms with Gasteiger partial charge < -0.3 is 9.47 Å². The number of ether oxygens (including phenoxy) is 2. The summed E-state index contributed by atoms with van der Waals surface area (Å²) in [6.45, 7) is 8.18. The van der Waals surface area contributed by atoms with Crippen molar-refractivity contribution in [2.75, 3.05) is 39.5 Å². The topological polar surface area (TPSA) is 38.8 Å². The summed E-state index contributed by atoms with van der Waals surface area (Å²) in [6.07, 6.45) is 1.58. The molecule has 1 atom stereocenters. The molecule has 0 aromatic carbocycles. The molecule has 0 N–H and O–H groups in total. The van der Waals surface area contributed by atoms with Gasteiger partial charge in [0.25, 0.3) is 0 Å². The second kappa shape index (κ2) is 7.19. The highest BCUT2D eigenvalue weighted by molar-refractivity contribution is 14.1. The minimum Gasteiger partial charge on any atom is -0.463 e. The number of esters is 1. The van der Waals surface area contributed by atoms with Crippen LogP contribution in [0.4, 0.5) is 0 Å². The quantitative estimate of drug-likeness (QED) is 0.325. The van der Waals surface area contributed by atoms with E-state index in [4.69, 9.17) is 9.47 Å². The van der Waals surface area contributed by atoms with Gasteiger partial charge in [-0.3, -0.25) is 9.69 Å². The molecule has 0 radical (unpaired) electrons. The Morgan fingerprint density at radius 2 is 2.27 bits per heavy atom. The van der Waals surface area contributed by atoms with Gasteiger partial charge in [0, 0.05) is 19.6 Å². The van der Waals surface area contributed by atoms with Crippen LogP contribution < -0.4 is 0 Å². The zero-order chi connectivity index (χ0) is 11.1. The van der Waals surface area contributed by atoms with Crippen molar-refractivity contribution < 1.29 is 14.3 Å². The number of rotatable bonds is 5. The normalized spacial score (nSPS) is 19.5. The Bertz CT molecular complexity index is 217. The van der Waals surface area contributed by atoms with E-state index >= 15 is 0 Å². The number of morpholine rings is 1. The summed E-state index contributed by atoms with van der Waals surface area (Å²) in [5, 5.41) is 0. The lowest BCUT2D eigenvalue weighted by Crippen LogP contribution is -2.38. The Morgan fingerprint density at radius 1 is 1.60 bits per heavy atom. The minimum absolute atomic E-state index is 0.209. The highest BCUT2D eigenvalue weighted by Gasteiger charge is 2.14. The third-order valence-corrected chi connectivity index (χ3v) is 3.20. The first kappa shape index (κ1) is 12.9. The van der Waals surface area contributed by atoms with E-state index < -0.39 is 0 Å². The number of hydrogen-bond donors (Lipinski definition) is 0. The molecule has 0 saturated carbocycles. The van der Waals surface area contributed by atoms with Gasteiger partial charge in [-0.05, 0) is 0 Å². The summed E-state index contributed by atoms with van der Waals surface area (Å²) in [6, 6.07) is 0. The van der Waals surface area contributed by atoms with Gasteiger partial charge in [0.2, 0.25) is 0 Å². The number of nitrogens with zero attached hydrogens (tertiary/aromatic N) is 1. The number of alkyl halides is 1. The standard InChI is InChI=1S/C10H16INO3/c1-2-9(11)10(13)15-8-5-12-3-6-14-7-4-12/h2,9H,1,3-8H2. The first-order valence-corrected chi connectivity index (χ1v) is 6.22. The number of carbonyl (C=O) groups excluding carboxylic acids is 1. The molecule has 1 saturated heterocycles. The Kier molecular flexibility index (Phi) is 6.19. The monoisotopic (exact) mass is 325 g/mol. The number of halogens is 1. The van der Waals surface area contributed by atoms with Crippen LogP contribution >= 0.6 is 22.6 Å². The maximum absolute atomic E-state index is 11.3. The zero-order valence-electron chi connectivity index (χ0n) is 8.65. The molecular formula is C10H16INO3. The van der Waals surface area contributed by atoms with Gasteiger partial charge >= 0.3 is 5.97 Å².